The van der Waals surface area contributed by atoms with Crippen molar-refractivity contribution in [3.05, 3.63) is 34.6 Å². The highest BCUT2D eigenvalue weighted by molar-refractivity contribution is 6.30. The van der Waals surface area contributed by atoms with Crippen LogP contribution in [0, 0.1) is 11.7 Å². The number of hydrogen-bond donors (Lipinski definition) is 1. The first-order valence-electron chi connectivity index (χ1n) is 8.38. The van der Waals surface area contributed by atoms with Crippen molar-refractivity contribution in [2.24, 2.45) is 5.92 Å². The van der Waals surface area contributed by atoms with Gasteiger partial charge in [-0.25, -0.2) is 4.39 Å². The van der Waals surface area contributed by atoms with E-state index in [1.165, 1.54) is 38.5 Å². The zero-order chi connectivity index (χ0) is 15.1. The predicted molar refractivity (Wildman–Crippen MR) is 88.4 cm³/mol. The van der Waals surface area contributed by atoms with E-state index in [9.17, 15) is 4.39 Å². The maximum atomic E-state index is 14.2. The summed E-state index contributed by atoms with van der Waals surface area (Å²) in [6.07, 6.45) is 9.72. The van der Waals surface area contributed by atoms with Crippen LogP contribution in [0.5, 0.6) is 0 Å². The predicted octanol–water partition coefficient (Wildman–Crippen LogP) is 5.36. The van der Waals surface area contributed by atoms with Crippen molar-refractivity contribution in [1.29, 1.82) is 0 Å². The van der Waals surface area contributed by atoms with E-state index in [4.69, 9.17) is 11.6 Å². The van der Waals surface area contributed by atoms with Crippen LogP contribution in [-0.4, -0.2) is 12.6 Å². The summed E-state index contributed by atoms with van der Waals surface area (Å²) >= 11 is 5.92. The van der Waals surface area contributed by atoms with Crippen LogP contribution >= 0.6 is 11.6 Å². The van der Waals surface area contributed by atoms with Gasteiger partial charge in [0.25, 0.3) is 0 Å². The van der Waals surface area contributed by atoms with Gasteiger partial charge in [0, 0.05) is 6.04 Å². The Bertz CT molecular complexity index is 427. The molecule has 0 spiro atoms. The molecule has 0 amide bonds. The van der Waals surface area contributed by atoms with Gasteiger partial charge in [-0.2, -0.15) is 0 Å². The van der Waals surface area contributed by atoms with Gasteiger partial charge >= 0.3 is 0 Å². The fraction of sp³-hybridized carbons (Fsp3) is 0.667. The summed E-state index contributed by atoms with van der Waals surface area (Å²) in [6.45, 7) is 3.18. The lowest BCUT2D eigenvalue weighted by molar-refractivity contribution is 0.315. The van der Waals surface area contributed by atoms with Gasteiger partial charge in [0.1, 0.15) is 5.82 Å². The van der Waals surface area contributed by atoms with Crippen LogP contribution < -0.4 is 5.32 Å². The van der Waals surface area contributed by atoms with E-state index in [0.29, 0.717) is 12.0 Å². The maximum absolute atomic E-state index is 14.2. The molecule has 1 fully saturated rings. The molecular formula is C18H27ClFN. The molecular weight excluding hydrogens is 285 g/mol. The van der Waals surface area contributed by atoms with Crippen LogP contribution in [0.3, 0.4) is 0 Å². The molecule has 1 N–H and O–H groups in total. The van der Waals surface area contributed by atoms with E-state index < -0.39 is 0 Å². The van der Waals surface area contributed by atoms with Crippen LogP contribution in [0.4, 0.5) is 4.39 Å². The smallest absolute Gasteiger partial charge is 0.145 e. The number of benzene rings is 1. The SMILES string of the molecule is CCCNC(Cc1cccc(Cl)c1F)C1CCCCCC1. The van der Waals surface area contributed by atoms with Gasteiger partial charge < -0.3 is 5.32 Å². The summed E-state index contributed by atoms with van der Waals surface area (Å²) in [5, 5.41) is 3.89. The molecule has 118 valence electrons. The largest absolute Gasteiger partial charge is 0.313 e. The molecule has 1 aromatic carbocycles. The van der Waals surface area contributed by atoms with Crippen LogP contribution in [0.15, 0.2) is 18.2 Å². The van der Waals surface area contributed by atoms with Crippen molar-refractivity contribution in [2.75, 3.05) is 6.54 Å². The second kappa shape index (κ2) is 8.75. The van der Waals surface area contributed by atoms with Gasteiger partial charge in [0.15, 0.2) is 0 Å². The molecule has 0 aliphatic heterocycles. The molecule has 0 radical (unpaired) electrons. The van der Waals surface area contributed by atoms with Crippen LogP contribution in [0.2, 0.25) is 5.02 Å². The van der Waals surface area contributed by atoms with Crippen molar-refractivity contribution in [1.82, 2.24) is 5.32 Å². The molecule has 0 bridgehead atoms. The summed E-state index contributed by atoms with van der Waals surface area (Å²) in [5.74, 6) is 0.425. The lowest BCUT2D eigenvalue weighted by atomic mass is 9.87. The zero-order valence-electron chi connectivity index (χ0n) is 13.0. The molecule has 1 nitrogen and oxygen atoms in total. The van der Waals surface area contributed by atoms with E-state index in [1.807, 2.05) is 12.1 Å². The van der Waals surface area contributed by atoms with E-state index in [-0.39, 0.29) is 10.8 Å². The molecule has 3 heteroatoms. The second-order valence-electron chi connectivity index (χ2n) is 6.23. The van der Waals surface area contributed by atoms with Crippen molar-refractivity contribution in [2.45, 2.75) is 64.3 Å². The summed E-state index contributed by atoms with van der Waals surface area (Å²) < 4.78 is 14.2. The van der Waals surface area contributed by atoms with E-state index in [1.54, 1.807) is 6.07 Å². The van der Waals surface area contributed by atoms with Crippen LogP contribution in [0.25, 0.3) is 0 Å². The van der Waals surface area contributed by atoms with E-state index >= 15 is 0 Å². The van der Waals surface area contributed by atoms with Gasteiger partial charge in [-0.05, 0) is 49.8 Å². The average molecular weight is 312 g/mol. The lowest BCUT2D eigenvalue weighted by Gasteiger charge is -2.28. The average Bonchev–Trinajstić information content (AvgIpc) is 2.77. The molecule has 0 heterocycles. The molecule has 1 aromatic rings. The molecule has 1 saturated carbocycles. The Labute approximate surface area is 133 Å². The van der Waals surface area contributed by atoms with Crippen molar-refractivity contribution in [3.63, 3.8) is 0 Å². The molecule has 1 unspecified atom stereocenters. The topological polar surface area (TPSA) is 12.0 Å². The van der Waals surface area contributed by atoms with E-state index in [0.717, 1.165) is 24.9 Å². The molecule has 21 heavy (non-hydrogen) atoms. The highest BCUT2D eigenvalue weighted by Crippen LogP contribution is 2.28. The highest BCUT2D eigenvalue weighted by atomic mass is 35.5. The lowest BCUT2D eigenvalue weighted by Crippen LogP contribution is -2.38. The Morgan fingerprint density at radius 2 is 1.95 bits per heavy atom. The summed E-state index contributed by atoms with van der Waals surface area (Å²) in [7, 11) is 0. The quantitative estimate of drug-likeness (QED) is 0.697. The Kier molecular flexibility index (Phi) is 6.98. The molecule has 2 rings (SSSR count). The standard InChI is InChI=1S/C18H27ClFN/c1-2-12-21-17(14-8-5-3-4-6-9-14)13-15-10-7-11-16(19)18(15)20/h7,10-11,14,17,21H,2-6,8-9,12-13H2,1H3. The number of nitrogens with one attached hydrogen (secondary N) is 1. The Hall–Kier alpha value is -0.600. The summed E-state index contributed by atoms with van der Waals surface area (Å²) in [4.78, 5) is 0. The van der Waals surface area contributed by atoms with Gasteiger partial charge in [0.2, 0.25) is 0 Å². The maximum Gasteiger partial charge on any atom is 0.145 e. The van der Waals surface area contributed by atoms with Gasteiger partial charge in [-0.1, -0.05) is 56.3 Å². The number of rotatable bonds is 6. The Morgan fingerprint density at radius 1 is 1.24 bits per heavy atom. The molecule has 1 aliphatic rings. The third-order valence-electron chi connectivity index (χ3n) is 4.60. The molecule has 1 atom stereocenters. The molecule has 0 aromatic heterocycles. The fourth-order valence-corrected chi connectivity index (χ4v) is 3.59. The fourth-order valence-electron chi connectivity index (χ4n) is 3.39. The van der Waals surface area contributed by atoms with Crippen LogP contribution in [0.1, 0.15) is 57.4 Å². The van der Waals surface area contributed by atoms with Crippen molar-refractivity contribution in [3.8, 4) is 0 Å². The van der Waals surface area contributed by atoms with Crippen LogP contribution in [-0.2, 0) is 6.42 Å². The summed E-state index contributed by atoms with van der Waals surface area (Å²) in [5.41, 5.74) is 0.750. The van der Waals surface area contributed by atoms with Crippen molar-refractivity contribution >= 4 is 11.6 Å². The molecule has 0 saturated heterocycles. The monoisotopic (exact) mass is 311 g/mol. The minimum Gasteiger partial charge on any atom is -0.313 e. The van der Waals surface area contributed by atoms with Gasteiger partial charge in [-0.3, -0.25) is 0 Å². The normalized spacial score (nSPS) is 18.4. The third-order valence-corrected chi connectivity index (χ3v) is 4.89. The summed E-state index contributed by atoms with van der Waals surface area (Å²) in [6, 6.07) is 5.72. The number of hydrogen-bond acceptors (Lipinski definition) is 1. The van der Waals surface area contributed by atoms with Gasteiger partial charge in [-0.15, -0.1) is 0 Å². The molecule has 1 aliphatic carbocycles. The Morgan fingerprint density at radius 3 is 2.62 bits per heavy atom. The second-order valence-corrected chi connectivity index (χ2v) is 6.64. The highest BCUT2D eigenvalue weighted by Gasteiger charge is 2.23. The van der Waals surface area contributed by atoms with E-state index in [2.05, 4.69) is 12.2 Å². The first-order valence-corrected chi connectivity index (χ1v) is 8.76. The Balaban J connectivity index is 2.09. The first kappa shape index (κ1) is 16.8. The van der Waals surface area contributed by atoms with Gasteiger partial charge in [0.05, 0.1) is 5.02 Å². The minimum atomic E-state index is -0.240. The zero-order valence-corrected chi connectivity index (χ0v) is 13.8. The minimum absolute atomic E-state index is 0.239. The first-order chi connectivity index (χ1) is 10.2. The van der Waals surface area contributed by atoms with Crippen molar-refractivity contribution < 1.29 is 4.39 Å². The third kappa shape index (κ3) is 4.96. The number of halogens is 2.